The van der Waals surface area contributed by atoms with E-state index in [1.807, 2.05) is 0 Å². The number of rotatable bonds is 0. The molecule has 0 spiro atoms. The van der Waals surface area contributed by atoms with E-state index in [1.54, 1.807) is 0 Å². The van der Waals surface area contributed by atoms with E-state index < -0.39 is 0 Å². The molecule has 0 amide bonds. The van der Waals surface area contributed by atoms with Gasteiger partial charge in [0, 0.05) is 0 Å². The van der Waals surface area contributed by atoms with Crippen LogP contribution in [0, 0.1) is 7.43 Å². The largest absolute Gasteiger partial charge is 4.00 e. The molecule has 0 bridgehead atoms. The van der Waals surface area contributed by atoms with Gasteiger partial charge in [0.15, 0.2) is 0 Å². The van der Waals surface area contributed by atoms with Crippen LogP contribution in [0.15, 0.2) is 0 Å². The first-order valence-corrected chi connectivity index (χ1v) is 1.20. The van der Waals surface area contributed by atoms with Crippen LogP contribution >= 0.6 is 0 Å². The fourth-order valence-corrected chi connectivity index (χ4v) is 0. The fourth-order valence-electron chi connectivity index (χ4n) is 0. The average Bonchev–Trinajstić information content (AvgIpc) is 0.811. The van der Waals surface area contributed by atoms with Crippen LogP contribution in [0.4, 0.5) is 0 Å². The number of halogens is 4. The second-order valence-corrected chi connectivity index (χ2v) is 0.908. The van der Waals surface area contributed by atoms with Crippen molar-refractivity contribution in [3.8, 4) is 0 Å². The smallest absolute Gasteiger partial charge is 1.00 e. The van der Waals surface area contributed by atoms with E-state index >= 15 is 0 Å². The van der Waals surface area contributed by atoms with Gasteiger partial charge in [0.25, 0.3) is 0 Å². The summed E-state index contributed by atoms with van der Waals surface area (Å²) in [7, 11) is 0. The SMILES string of the molecule is CC(C)=O.[C+4].[Cl-].[Cl-].[Cl-].[Cl-]. The summed E-state index contributed by atoms with van der Waals surface area (Å²) in [5.74, 6) is 0.167. The Balaban J connectivity index is -0.00000000450. The molecule has 0 heterocycles. The Bertz CT molecular complexity index is 35.5. The molecule has 0 saturated carbocycles. The molecule has 0 aromatic carbocycles. The maximum Gasteiger partial charge on any atom is 4.00 e. The predicted octanol–water partition coefficient (Wildman–Crippen LogP) is -11.3. The van der Waals surface area contributed by atoms with Crippen molar-refractivity contribution in [1.82, 2.24) is 0 Å². The van der Waals surface area contributed by atoms with Crippen LogP contribution in [0.1, 0.15) is 13.8 Å². The van der Waals surface area contributed by atoms with E-state index in [1.165, 1.54) is 13.8 Å². The molecule has 0 aliphatic heterocycles. The van der Waals surface area contributed by atoms with E-state index in [2.05, 4.69) is 0 Å². The van der Waals surface area contributed by atoms with Crippen molar-refractivity contribution in [1.29, 1.82) is 0 Å². The molecule has 9 heavy (non-hydrogen) atoms. The number of carbonyl (C=O) groups excluding carboxylic acids is 1. The minimum Gasteiger partial charge on any atom is -1.00 e. The van der Waals surface area contributed by atoms with Gasteiger partial charge in [-0.15, -0.1) is 0 Å². The van der Waals surface area contributed by atoms with E-state index in [0.29, 0.717) is 0 Å². The predicted molar refractivity (Wildman–Crippen MR) is 19.6 cm³/mol. The number of Topliss-reactive ketones (excluding diaryl/α,β-unsaturated/α-hetero) is 1. The molecule has 0 fully saturated rings. The molecule has 0 unspecified atom stereocenters. The van der Waals surface area contributed by atoms with Gasteiger partial charge in [0.1, 0.15) is 5.78 Å². The van der Waals surface area contributed by atoms with Crippen molar-refractivity contribution in [2.75, 3.05) is 0 Å². The third-order valence-electron chi connectivity index (χ3n) is 0. The summed E-state index contributed by atoms with van der Waals surface area (Å²) in [4.78, 5) is 9.44. The number of ketones is 1. The summed E-state index contributed by atoms with van der Waals surface area (Å²) in [6.07, 6.45) is 0. The van der Waals surface area contributed by atoms with Crippen LogP contribution < -0.4 is 49.6 Å². The van der Waals surface area contributed by atoms with Crippen LogP contribution in [0.25, 0.3) is 0 Å². The third-order valence-corrected chi connectivity index (χ3v) is 0. The molecule has 0 aromatic rings. The van der Waals surface area contributed by atoms with Crippen LogP contribution in [0.5, 0.6) is 0 Å². The molecular weight excluding hydrogens is 206 g/mol. The van der Waals surface area contributed by atoms with Gasteiger partial charge < -0.3 is 54.4 Å². The van der Waals surface area contributed by atoms with Crippen molar-refractivity contribution in [3.63, 3.8) is 0 Å². The van der Waals surface area contributed by atoms with Gasteiger partial charge in [-0.3, -0.25) is 0 Å². The van der Waals surface area contributed by atoms with E-state index in [9.17, 15) is 4.79 Å². The minimum absolute atomic E-state index is 0. The zero-order valence-electron chi connectivity index (χ0n) is 4.92. The van der Waals surface area contributed by atoms with E-state index in [-0.39, 0.29) is 62.8 Å². The zero-order chi connectivity index (χ0) is 3.58. The molecule has 1 nitrogen and oxygen atoms in total. The second kappa shape index (κ2) is 36.9. The van der Waals surface area contributed by atoms with Gasteiger partial charge in [-0.05, 0) is 13.8 Å². The monoisotopic (exact) mass is 210 g/mol. The summed E-state index contributed by atoms with van der Waals surface area (Å²) < 4.78 is 0. The van der Waals surface area contributed by atoms with Crippen molar-refractivity contribution >= 4 is 5.78 Å². The van der Waals surface area contributed by atoms with Gasteiger partial charge in [0.2, 0.25) is 0 Å². The molecule has 0 aliphatic carbocycles. The van der Waals surface area contributed by atoms with Crippen LogP contribution in [-0.4, -0.2) is 5.78 Å². The van der Waals surface area contributed by atoms with Crippen LogP contribution in [0.2, 0.25) is 0 Å². The van der Waals surface area contributed by atoms with Gasteiger partial charge in [-0.25, -0.2) is 0 Å². The maximum atomic E-state index is 9.44. The Morgan fingerprint density at radius 3 is 0.889 bits per heavy atom. The van der Waals surface area contributed by atoms with Crippen LogP contribution in [-0.2, 0) is 4.79 Å². The van der Waals surface area contributed by atoms with Crippen molar-refractivity contribution in [3.05, 3.63) is 7.43 Å². The number of carbonyl (C=O) groups is 1. The van der Waals surface area contributed by atoms with Gasteiger partial charge in [0.05, 0.1) is 0 Å². The Labute approximate surface area is 81.6 Å². The van der Waals surface area contributed by atoms with E-state index in [0.717, 1.165) is 0 Å². The Hall–Kier alpha value is 0.830. The molecule has 0 rings (SSSR count). The summed E-state index contributed by atoms with van der Waals surface area (Å²) in [5, 5.41) is 0. The molecule has 56 valence electrons. The Morgan fingerprint density at radius 1 is 0.889 bits per heavy atom. The minimum atomic E-state index is 0. The summed E-state index contributed by atoms with van der Waals surface area (Å²) >= 11 is 0. The second-order valence-electron chi connectivity index (χ2n) is 0.908. The number of hydrogen-bond donors (Lipinski definition) is 0. The maximum absolute atomic E-state index is 9.44. The standard InChI is InChI=1S/C3H6O.C.4ClH/c1-3(2)4;;;;;/h1-2H3;;4*1H/q;+4;;;;/p-4. The van der Waals surface area contributed by atoms with Gasteiger partial charge >= 0.3 is 7.43 Å². The fraction of sp³-hybridized carbons (Fsp3) is 0.500. The molecule has 0 aliphatic rings. The molecule has 0 aromatic heterocycles. The molecule has 0 N–H and O–H groups in total. The Kier molecular flexibility index (Phi) is 214. The first-order chi connectivity index (χ1) is 1.73. The average molecular weight is 212 g/mol. The zero-order valence-corrected chi connectivity index (χ0v) is 7.94. The topological polar surface area (TPSA) is 17.1 Å². The molecule has 5 heteroatoms. The molecule has 0 saturated heterocycles. The third kappa shape index (κ3) is 598. The summed E-state index contributed by atoms with van der Waals surface area (Å²) in [5.41, 5.74) is 0. The quantitative estimate of drug-likeness (QED) is 0.389. The Morgan fingerprint density at radius 2 is 0.889 bits per heavy atom. The van der Waals surface area contributed by atoms with Crippen molar-refractivity contribution in [2.24, 2.45) is 0 Å². The normalized spacial score (nSPS) is 2.89. The molecular formula is C4H6Cl4O. The van der Waals surface area contributed by atoms with Crippen molar-refractivity contribution in [2.45, 2.75) is 13.8 Å². The summed E-state index contributed by atoms with van der Waals surface area (Å²) in [6.45, 7) is 3.06. The first-order valence-electron chi connectivity index (χ1n) is 1.20. The first kappa shape index (κ1) is 52.2. The van der Waals surface area contributed by atoms with Crippen molar-refractivity contribution < 1.29 is 54.4 Å². The van der Waals surface area contributed by atoms with Crippen LogP contribution in [0.3, 0.4) is 0 Å². The van der Waals surface area contributed by atoms with Gasteiger partial charge in [-0.1, -0.05) is 0 Å². The summed E-state index contributed by atoms with van der Waals surface area (Å²) in [6, 6.07) is 0. The molecule has 0 atom stereocenters. The van der Waals surface area contributed by atoms with E-state index in [4.69, 9.17) is 0 Å². The molecule has 0 radical (unpaired) electrons. The number of hydrogen-bond acceptors (Lipinski definition) is 1. The van der Waals surface area contributed by atoms with Gasteiger partial charge in [-0.2, -0.15) is 0 Å².